The van der Waals surface area contributed by atoms with Crippen LogP contribution in [-0.4, -0.2) is 31.9 Å². The summed E-state index contributed by atoms with van der Waals surface area (Å²) in [4.78, 5) is 2.43. The number of rotatable bonds is 0. The lowest BCUT2D eigenvalue weighted by Gasteiger charge is -2.62. The van der Waals surface area contributed by atoms with E-state index in [9.17, 15) is 0 Å². The van der Waals surface area contributed by atoms with Gasteiger partial charge >= 0.3 is 0 Å². The fraction of sp³-hybridized carbons (Fsp3) is 1.00. The molecule has 42 valence electrons. The fourth-order valence-corrected chi connectivity index (χ4v) is 1.81. The van der Waals surface area contributed by atoms with Crippen LogP contribution in [0.4, 0.5) is 0 Å². The summed E-state index contributed by atoms with van der Waals surface area (Å²) in [6.07, 6.45) is 1.33. The smallest absolute Gasteiger partial charge is 0.0781 e. The maximum absolute atomic E-state index is 5.87. The maximum atomic E-state index is 5.87. The molecule has 2 atom stereocenters. The van der Waals surface area contributed by atoms with E-state index in [2.05, 4.69) is 11.8 Å². The Morgan fingerprint density at radius 1 is 1.75 bits per heavy atom. The second kappa shape index (κ2) is 1.13. The van der Waals surface area contributed by atoms with Crippen molar-refractivity contribution in [1.29, 1.82) is 0 Å². The third kappa shape index (κ3) is 0.379. The maximum Gasteiger partial charge on any atom is 0.0781 e. The van der Waals surface area contributed by atoms with E-state index in [4.69, 9.17) is 7.85 Å². The van der Waals surface area contributed by atoms with Crippen LogP contribution in [0.5, 0.6) is 0 Å². The van der Waals surface area contributed by atoms with Gasteiger partial charge in [0.25, 0.3) is 0 Å². The minimum Gasteiger partial charge on any atom is -0.301 e. The highest BCUT2D eigenvalue weighted by atomic mass is 15.3. The average Bonchev–Trinajstić information content (AvgIpc) is 1.57. The number of piperidine rings is 1. The molecule has 0 aromatic heterocycles. The highest BCUT2D eigenvalue weighted by molar-refractivity contribution is 6.16. The van der Waals surface area contributed by atoms with Gasteiger partial charge in [-0.15, -0.1) is 0 Å². The molecule has 2 rings (SSSR count). The molecule has 0 spiro atoms. The van der Waals surface area contributed by atoms with Crippen molar-refractivity contribution in [2.75, 3.05) is 13.1 Å². The van der Waals surface area contributed by atoms with Crippen molar-refractivity contribution in [3.63, 3.8) is 0 Å². The summed E-state index contributed by atoms with van der Waals surface area (Å²) in [5, 5.41) is 0.165. The van der Waals surface area contributed by atoms with Gasteiger partial charge in [-0.05, 0) is 24.8 Å². The molecule has 0 bridgehead atoms. The summed E-state index contributed by atoms with van der Waals surface area (Å²) in [6.45, 7) is 4.56. The zero-order valence-corrected chi connectivity index (χ0v) is 5.22. The molecule has 1 nitrogen and oxygen atoms in total. The summed E-state index contributed by atoms with van der Waals surface area (Å²) in [5.74, 6) is 0. The first-order valence-corrected chi connectivity index (χ1v) is 3.23. The van der Waals surface area contributed by atoms with Crippen LogP contribution in [0, 0.1) is 0 Å². The average molecular weight is 107 g/mol. The number of fused-ring (bicyclic) bond motifs is 1. The molecule has 0 aromatic rings. The van der Waals surface area contributed by atoms with E-state index in [1.54, 1.807) is 0 Å². The summed E-state index contributed by atoms with van der Waals surface area (Å²) in [7, 11) is 5.87. The van der Waals surface area contributed by atoms with Crippen LogP contribution in [0.2, 0.25) is 5.31 Å². The van der Waals surface area contributed by atoms with Gasteiger partial charge in [0, 0.05) is 6.04 Å². The van der Waals surface area contributed by atoms with Crippen LogP contribution in [0.25, 0.3) is 0 Å². The molecule has 2 heteroatoms. The molecule has 2 saturated heterocycles. The predicted molar refractivity (Wildman–Crippen MR) is 34.1 cm³/mol. The number of nitrogens with zero attached hydrogens (tertiary/aromatic N) is 1. The number of hydrogen-bond donors (Lipinski definition) is 0. The third-order valence-corrected chi connectivity index (χ3v) is 2.44. The van der Waals surface area contributed by atoms with Gasteiger partial charge < -0.3 is 4.90 Å². The Kier molecular flexibility index (Phi) is 0.687. The molecule has 2 fully saturated rings. The highest BCUT2D eigenvalue weighted by Crippen LogP contribution is 2.48. The van der Waals surface area contributed by atoms with Crippen LogP contribution >= 0.6 is 0 Å². The Bertz CT molecular complexity index is 122. The lowest BCUT2D eigenvalue weighted by Crippen LogP contribution is -2.67. The predicted octanol–water partition coefficient (Wildman–Crippen LogP) is 0.421. The highest BCUT2D eigenvalue weighted by Gasteiger charge is 2.49. The van der Waals surface area contributed by atoms with Crippen molar-refractivity contribution in [2.24, 2.45) is 0 Å². The monoisotopic (exact) mass is 107 g/mol. The Hall–Kier alpha value is 0.0249. The summed E-state index contributed by atoms with van der Waals surface area (Å²) in [6, 6.07) is 0.738. The van der Waals surface area contributed by atoms with Crippen molar-refractivity contribution in [1.82, 2.24) is 4.90 Å². The van der Waals surface area contributed by atoms with E-state index in [0.717, 1.165) is 12.6 Å². The second-order valence-corrected chi connectivity index (χ2v) is 3.28. The summed E-state index contributed by atoms with van der Waals surface area (Å²) < 4.78 is 0. The van der Waals surface area contributed by atoms with Crippen molar-refractivity contribution < 1.29 is 0 Å². The first kappa shape index (κ1) is 4.86. The molecule has 0 aliphatic carbocycles. The van der Waals surface area contributed by atoms with Gasteiger partial charge in [0.2, 0.25) is 0 Å². The van der Waals surface area contributed by atoms with Crippen LogP contribution in [0.15, 0.2) is 0 Å². The third-order valence-electron chi connectivity index (χ3n) is 2.44. The van der Waals surface area contributed by atoms with Crippen LogP contribution in [0.3, 0.4) is 0 Å². The first-order chi connectivity index (χ1) is 3.70. The first-order valence-electron chi connectivity index (χ1n) is 3.23. The molecule has 2 radical (unpaired) electrons. The van der Waals surface area contributed by atoms with E-state index in [0.29, 0.717) is 0 Å². The fourth-order valence-electron chi connectivity index (χ4n) is 1.81. The van der Waals surface area contributed by atoms with Crippen LogP contribution in [0.1, 0.15) is 13.3 Å². The van der Waals surface area contributed by atoms with E-state index in [-0.39, 0.29) is 5.31 Å². The Labute approximate surface area is 51.5 Å². The molecule has 0 amide bonds. The molecule has 2 aliphatic heterocycles. The van der Waals surface area contributed by atoms with Crippen molar-refractivity contribution >= 4 is 7.85 Å². The largest absolute Gasteiger partial charge is 0.301 e. The standard InChI is InChI=1S/C6H10BN/c1-6(7)4-8-3-2-5(6)8/h5H,2-4H2,1H3. The van der Waals surface area contributed by atoms with Crippen LogP contribution in [-0.2, 0) is 0 Å². The molecular formula is C6H10BN. The Balaban J connectivity index is 2.07. The molecule has 2 aliphatic rings. The molecule has 2 unspecified atom stereocenters. The van der Waals surface area contributed by atoms with Gasteiger partial charge in [0.15, 0.2) is 0 Å². The van der Waals surface area contributed by atoms with Crippen LogP contribution < -0.4 is 0 Å². The van der Waals surface area contributed by atoms with E-state index in [1.165, 1.54) is 13.0 Å². The van der Waals surface area contributed by atoms with Gasteiger partial charge in [-0.25, -0.2) is 0 Å². The van der Waals surface area contributed by atoms with Crippen molar-refractivity contribution in [2.45, 2.75) is 24.7 Å². The topological polar surface area (TPSA) is 3.24 Å². The lowest BCUT2D eigenvalue weighted by atomic mass is 9.55. The summed E-state index contributed by atoms with van der Waals surface area (Å²) >= 11 is 0. The quantitative estimate of drug-likeness (QED) is 0.405. The second-order valence-electron chi connectivity index (χ2n) is 3.28. The minimum absolute atomic E-state index is 0.165. The van der Waals surface area contributed by atoms with Crippen molar-refractivity contribution in [3.8, 4) is 0 Å². The molecule has 0 saturated carbocycles. The molecule has 0 N–H and O–H groups in total. The molecular weight excluding hydrogens is 96.9 g/mol. The van der Waals surface area contributed by atoms with Gasteiger partial charge in [-0.2, -0.15) is 0 Å². The SMILES string of the molecule is [B]C1(C)CN2CCC21. The summed E-state index contributed by atoms with van der Waals surface area (Å²) in [5.41, 5.74) is 0. The molecule has 2 heterocycles. The lowest BCUT2D eigenvalue weighted by molar-refractivity contribution is -0.0453. The van der Waals surface area contributed by atoms with Crippen molar-refractivity contribution in [3.05, 3.63) is 0 Å². The van der Waals surface area contributed by atoms with E-state index in [1.807, 2.05) is 0 Å². The van der Waals surface area contributed by atoms with E-state index >= 15 is 0 Å². The van der Waals surface area contributed by atoms with E-state index < -0.39 is 0 Å². The zero-order chi connectivity index (χ0) is 5.78. The molecule has 0 aromatic carbocycles. The van der Waals surface area contributed by atoms with Gasteiger partial charge in [-0.1, -0.05) is 6.92 Å². The normalized spacial score (nSPS) is 53.9. The van der Waals surface area contributed by atoms with Gasteiger partial charge in [0.1, 0.15) is 0 Å². The minimum atomic E-state index is 0.165. The Morgan fingerprint density at radius 2 is 2.50 bits per heavy atom. The van der Waals surface area contributed by atoms with Gasteiger partial charge in [-0.3, -0.25) is 0 Å². The zero-order valence-electron chi connectivity index (χ0n) is 5.22. The molecule has 8 heavy (non-hydrogen) atoms. The number of hydrogen-bond acceptors (Lipinski definition) is 1. The van der Waals surface area contributed by atoms with Gasteiger partial charge in [0.05, 0.1) is 7.85 Å². The Morgan fingerprint density at radius 3 is 2.50 bits per heavy atom.